The Morgan fingerprint density at radius 3 is 2.37 bits per heavy atom. The Bertz CT molecular complexity index is 1180. The quantitative estimate of drug-likeness (QED) is 0.155. The van der Waals surface area contributed by atoms with Gasteiger partial charge in [0.1, 0.15) is 29.9 Å². The molecule has 0 aromatic carbocycles. The smallest absolute Gasteiger partial charge is 0.333 e. The van der Waals surface area contributed by atoms with Crippen molar-refractivity contribution in [2.24, 2.45) is 39.4 Å². The number of rotatable bonds is 10. The molecule has 10 nitrogen and oxygen atoms in total. The fraction of sp³-hybridized carbons (Fsp3) is 0.861. The van der Waals surface area contributed by atoms with Crippen molar-refractivity contribution in [1.29, 1.82) is 0 Å². The Hall–Kier alpha value is -1.69. The summed E-state index contributed by atoms with van der Waals surface area (Å²) in [5, 5.41) is 42.6. The first kappa shape index (κ1) is 37.1. The zero-order valence-corrected chi connectivity index (χ0v) is 29.1. The number of Topliss-reactive ketones (excluding diaryl/α,β-unsaturated/α-hetero) is 2. The second-order valence-corrected chi connectivity index (χ2v) is 16.0. The molecule has 0 radical (unpaired) electrons. The van der Waals surface area contributed by atoms with Crippen molar-refractivity contribution in [2.75, 3.05) is 13.7 Å². The van der Waals surface area contributed by atoms with E-state index in [2.05, 4.69) is 27.7 Å². The minimum Gasteiger partial charge on any atom is -0.466 e. The van der Waals surface area contributed by atoms with E-state index in [1.165, 1.54) is 7.11 Å². The van der Waals surface area contributed by atoms with E-state index in [0.29, 0.717) is 50.5 Å². The number of aliphatic hydroxyl groups excluding tert-OH is 4. The van der Waals surface area contributed by atoms with E-state index < -0.39 is 59.0 Å². The van der Waals surface area contributed by atoms with Crippen LogP contribution in [0.25, 0.3) is 0 Å². The maximum atomic E-state index is 14.1. The van der Waals surface area contributed by atoms with Gasteiger partial charge in [0.25, 0.3) is 0 Å². The van der Waals surface area contributed by atoms with Crippen LogP contribution in [0.3, 0.4) is 0 Å². The minimum atomic E-state index is -1.48. The van der Waals surface area contributed by atoms with Gasteiger partial charge in [0.2, 0.25) is 0 Å². The van der Waals surface area contributed by atoms with E-state index in [1.54, 1.807) is 13.0 Å². The third-order valence-electron chi connectivity index (χ3n) is 13.3. The van der Waals surface area contributed by atoms with E-state index in [0.717, 1.165) is 6.42 Å². The van der Waals surface area contributed by atoms with Crippen LogP contribution < -0.4 is 0 Å². The third kappa shape index (κ3) is 6.27. The zero-order chi connectivity index (χ0) is 34.4. The molecule has 4 N–H and O–H groups in total. The number of carbonyl (C=O) groups is 3. The molecular weight excluding hydrogens is 592 g/mol. The Balaban J connectivity index is 1.65. The molecule has 3 saturated carbocycles. The number of hydrogen-bond acceptors (Lipinski definition) is 10. The number of aliphatic hydroxyl groups is 4. The lowest BCUT2D eigenvalue weighted by atomic mass is 9.35. The number of carbonyl (C=O) groups excluding carboxylic acids is 3. The summed E-state index contributed by atoms with van der Waals surface area (Å²) in [4.78, 5) is 39.3. The molecule has 4 aliphatic rings. The molecule has 0 unspecified atom stereocenters. The molecule has 262 valence electrons. The monoisotopic (exact) mass is 650 g/mol. The first-order valence-corrected chi connectivity index (χ1v) is 17.2. The maximum Gasteiger partial charge on any atom is 0.333 e. The van der Waals surface area contributed by atoms with Gasteiger partial charge in [-0.1, -0.05) is 47.6 Å². The van der Waals surface area contributed by atoms with Crippen molar-refractivity contribution in [1.82, 2.24) is 0 Å². The first-order chi connectivity index (χ1) is 21.4. The van der Waals surface area contributed by atoms with Gasteiger partial charge in [0.05, 0.1) is 25.9 Å². The number of fused-ring (bicyclic) bond motifs is 3. The molecule has 12 atom stereocenters. The van der Waals surface area contributed by atoms with Gasteiger partial charge in [0.15, 0.2) is 6.29 Å². The molecule has 1 saturated heterocycles. The number of allylic oxidation sites excluding steroid dienone is 1. The largest absolute Gasteiger partial charge is 0.466 e. The van der Waals surface area contributed by atoms with Crippen molar-refractivity contribution in [3.63, 3.8) is 0 Å². The minimum absolute atomic E-state index is 0.0217. The van der Waals surface area contributed by atoms with Gasteiger partial charge in [-0.25, -0.2) is 4.79 Å². The second-order valence-electron chi connectivity index (χ2n) is 16.0. The average molecular weight is 651 g/mol. The predicted molar refractivity (Wildman–Crippen MR) is 170 cm³/mol. The van der Waals surface area contributed by atoms with Crippen LogP contribution in [0.4, 0.5) is 0 Å². The van der Waals surface area contributed by atoms with E-state index in [-0.39, 0.29) is 47.8 Å². The van der Waals surface area contributed by atoms with Crippen molar-refractivity contribution < 1.29 is 49.0 Å². The summed E-state index contributed by atoms with van der Waals surface area (Å²) < 4.78 is 17.1. The average Bonchev–Trinajstić information content (AvgIpc) is 3.01. The van der Waals surface area contributed by atoms with Gasteiger partial charge in [-0.2, -0.15) is 0 Å². The van der Waals surface area contributed by atoms with Crippen molar-refractivity contribution >= 4 is 17.5 Å². The van der Waals surface area contributed by atoms with Crippen LogP contribution in [-0.2, 0) is 28.6 Å². The Morgan fingerprint density at radius 2 is 1.72 bits per heavy atom. The standard InChI is InChI=1S/C36H58O10/c1-20(10-9-11-21(2)31(43)44-8)22(37)14-17-35(6)27(40)13-12-24-34(5)16-15-26(39)33(3,4)25(34)18-28(36(24,35)7)46-32-30(42)29(41)23(38)19-45-32/h11,20,23-26,28-30,32,38-39,41-42H,9-10,12-19H2,1-8H3/b21-11+/t20-,23-,24-,25+,26-,28-,29+,30-,32+,34-,35-,36+/m1/s1. The molecule has 4 fully saturated rings. The van der Waals surface area contributed by atoms with E-state index >= 15 is 0 Å². The number of ether oxygens (including phenoxy) is 3. The van der Waals surface area contributed by atoms with Crippen molar-refractivity contribution in [3.8, 4) is 0 Å². The van der Waals surface area contributed by atoms with Gasteiger partial charge >= 0.3 is 5.97 Å². The molecule has 1 heterocycles. The number of hydrogen-bond donors (Lipinski definition) is 4. The first-order valence-electron chi connectivity index (χ1n) is 17.2. The number of ketones is 2. The molecule has 10 heteroatoms. The van der Waals surface area contributed by atoms with Crippen molar-refractivity contribution in [2.45, 2.75) is 143 Å². The summed E-state index contributed by atoms with van der Waals surface area (Å²) in [5.74, 6) is -0.427. The lowest BCUT2D eigenvalue weighted by molar-refractivity contribution is -0.327. The van der Waals surface area contributed by atoms with Gasteiger partial charge in [-0.15, -0.1) is 0 Å². The molecule has 0 spiro atoms. The van der Waals surface area contributed by atoms with Gasteiger partial charge in [0, 0.05) is 35.2 Å². The second kappa shape index (κ2) is 13.7. The van der Waals surface area contributed by atoms with Crippen molar-refractivity contribution in [3.05, 3.63) is 11.6 Å². The Labute approximate surface area is 274 Å². The molecule has 0 amide bonds. The molecular formula is C36H58O10. The van der Waals surface area contributed by atoms with E-state index in [1.807, 2.05) is 13.8 Å². The molecule has 0 aromatic heterocycles. The van der Waals surface area contributed by atoms with Crippen LogP contribution in [0.2, 0.25) is 0 Å². The van der Waals surface area contributed by atoms with Crippen LogP contribution in [-0.4, -0.2) is 88.5 Å². The summed E-state index contributed by atoms with van der Waals surface area (Å²) >= 11 is 0. The van der Waals surface area contributed by atoms with Crippen LogP contribution in [0.5, 0.6) is 0 Å². The lowest BCUT2D eigenvalue weighted by Gasteiger charge is -2.70. The summed E-state index contributed by atoms with van der Waals surface area (Å²) in [6.45, 7) is 13.9. The number of esters is 1. The highest BCUT2D eigenvalue weighted by molar-refractivity contribution is 5.88. The highest BCUT2D eigenvalue weighted by atomic mass is 16.7. The highest BCUT2D eigenvalue weighted by Crippen LogP contribution is 2.71. The van der Waals surface area contributed by atoms with E-state index in [9.17, 15) is 34.8 Å². The molecule has 4 rings (SSSR count). The summed E-state index contributed by atoms with van der Waals surface area (Å²) in [6, 6.07) is 0. The summed E-state index contributed by atoms with van der Waals surface area (Å²) in [7, 11) is 1.34. The molecule has 0 aromatic rings. The fourth-order valence-electron chi connectivity index (χ4n) is 9.90. The topological polar surface area (TPSA) is 160 Å². The zero-order valence-electron chi connectivity index (χ0n) is 29.1. The van der Waals surface area contributed by atoms with Gasteiger partial charge in [-0.3, -0.25) is 9.59 Å². The van der Waals surface area contributed by atoms with Crippen LogP contribution in [0.1, 0.15) is 106 Å². The van der Waals surface area contributed by atoms with Gasteiger partial charge < -0.3 is 34.6 Å². The number of methoxy groups -OCH3 is 1. The van der Waals surface area contributed by atoms with Crippen LogP contribution in [0.15, 0.2) is 11.6 Å². The molecule has 0 bridgehead atoms. The Morgan fingerprint density at radius 1 is 1.04 bits per heavy atom. The summed E-state index contributed by atoms with van der Waals surface area (Å²) in [5.41, 5.74) is -1.81. The van der Waals surface area contributed by atoms with Gasteiger partial charge in [-0.05, 0) is 74.5 Å². The molecule has 46 heavy (non-hydrogen) atoms. The fourth-order valence-corrected chi connectivity index (χ4v) is 9.90. The van der Waals surface area contributed by atoms with Crippen LogP contribution in [0, 0.1) is 39.4 Å². The predicted octanol–water partition coefficient (Wildman–Crippen LogP) is 3.89. The summed E-state index contributed by atoms with van der Waals surface area (Å²) in [6.07, 6.45) is 0.0866. The highest BCUT2D eigenvalue weighted by Gasteiger charge is 2.70. The van der Waals surface area contributed by atoms with Crippen LogP contribution >= 0.6 is 0 Å². The maximum absolute atomic E-state index is 14.1. The normalized spacial score (nSPS) is 43.3. The molecule has 3 aliphatic carbocycles. The SMILES string of the molecule is COC(=O)/C(C)=C/CC[C@@H](C)C(=O)CC[C@]1(C)C(=O)CC[C@@H]2[C@@]3(C)CC[C@@H](O)C(C)(C)[C@@H]3C[C@@H](O[C@@H]3OC[C@@H](O)[C@H](O)[C@H]3O)[C@]21C. The lowest BCUT2D eigenvalue weighted by Crippen LogP contribution is -2.70. The van der Waals surface area contributed by atoms with E-state index in [4.69, 9.17) is 14.2 Å². The third-order valence-corrected chi connectivity index (χ3v) is 13.3. The Kier molecular flexibility index (Phi) is 11.0. The molecule has 1 aliphatic heterocycles.